The van der Waals surface area contributed by atoms with E-state index in [-0.39, 0.29) is 0 Å². The van der Waals surface area contributed by atoms with Gasteiger partial charge in [0.1, 0.15) is 5.82 Å². The molecule has 0 saturated carbocycles. The van der Waals surface area contributed by atoms with Crippen LogP contribution >= 0.6 is 0 Å². The number of benzene rings is 1. The standard InChI is InChI=1S/C13H10FN3O/c14-12-6-2-1-4-10(12)9-16-17-13(18)11-5-3-7-15-8-11/h1-9H,(H,17,18)/b16-9-. The zero-order chi connectivity index (χ0) is 12.8. The second-order valence-corrected chi connectivity index (χ2v) is 3.46. The molecule has 0 bridgehead atoms. The van der Waals surface area contributed by atoms with Gasteiger partial charge in [0.15, 0.2) is 0 Å². The van der Waals surface area contributed by atoms with Crippen LogP contribution in [0, 0.1) is 5.82 Å². The van der Waals surface area contributed by atoms with E-state index in [1.165, 1.54) is 18.5 Å². The van der Waals surface area contributed by atoms with Gasteiger partial charge in [-0.15, -0.1) is 0 Å². The second-order valence-electron chi connectivity index (χ2n) is 3.46. The van der Waals surface area contributed by atoms with E-state index in [1.807, 2.05) is 0 Å². The van der Waals surface area contributed by atoms with Crippen LogP contribution in [-0.4, -0.2) is 17.1 Å². The molecule has 0 unspecified atom stereocenters. The normalized spacial score (nSPS) is 10.5. The lowest BCUT2D eigenvalue weighted by Gasteiger charge is -1.98. The molecule has 90 valence electrons. The fourth-order valence-corrected chi connectivity index (χ4v) is 1.30. The summed E-state index contributed by atoms with van der Waals surface area (Å²) in [6, 6.07) is 9.42. The number of nitrogens with zero attached hydrogens (tertiary/aromatic N) is 2. The zero-order valence-corrected chi connectivity index (χ0v) is 9.38. The minimum Gasteiger partial charge on any atom is -0.267 e. The Labute approximate surface area is 103 Å². The van der Waals surface area contributed by atoms with Gasteiger partial charge in [0, 0.05) is 18.0 Å². The van der Waals surface area contributed by atoms with E-state index < -0.39 is 11.7 Å². The fraction of sp³-hybridized carbons (Fsp3) is 0. The first kappa shape index (κ1) is 11.9. The largest absolute Gasteiger partial charge is 0.272 e. The number of rotatable bonds is 3. The zero-order valence-electron chi connectivity index (χ0n) is 9.38. The maximum absolute atomic E-state index is 13.2. The lowest BCUT2D eigenvalue weighted by molar-refractivity contribution is 0.0955. The molecule has 1 aromatic heterocycles. The Balaban J connectivity index is 2.00. The minimum atomic E-state index is -0.393. The SMILES string of the molecule is O=C(N/N=C\c1ccccc1F)c1cccnc1. The molecule has 4 nitrogen and oxygen atoms in total. The molecule has 0 aliphatic heterocycles. The maximum Gasteiger partial charge on any atom is 0.272 e. The van der Waals surface area contributed by atoms with Gasteiger partial charge in [-0.05, 0) is 18.2 Å². The van der Waals surface area contributed by atoms with Crippen LogP contribution in [0.25, 0.3) is 0 Å². The van der Waals surface area contributed by atoms with Crippen LogP contribution in [0.4, 0.5) is 4.39 Å². The van der Waals surface area contributed by atoms with Gasteiger partial charge in [-0.2, -0.15) is 5.10 Å². The Hall–Kier alpha value is -2.56. The quantitative estimate of drug-likeness (QED) is 0.662. The van der Waals surface area contributed by atoms with E-state index in [2.05, 4.69) is 15.5 Å². The van der Waals surface area contributed by atoms with Crippen molar-refractivity contribution in [1.29, 1.82) is 0 Å². The van der Waals surface area contributed by atoms with Crippen molar-refractivity contribution in [1.82, 2.24) is 10.4 Å². The summed E-state index contributed by atoms with van der Waals surface area (Å²) in [6.45, 7) is 0. The van der Waals surface area contributed by atoms with Crippen molar-refractivity contribution in [2.45, 2.75) is 0 Å². The first-order chi connectivity index (χ1) is 8.77. The summed E-state index contributed by atoms with van der Waals surface area (Å²) in [5.74, 6) is -0.785. The highest BCUT2D eigenvalue weighted by Crippen LogP contribution is 2.02. The van der Waals surface area contributed by atoms with Crippen LogP contribution in [0.1, 0.15) is 15.9 Å². The third-order valence-electron chi connectivity index (χ3n) is 2.20. The number of aromatic nitrogens is 1. The van der Waals surface area contributed by atoms with Crippen LogP contribution in [0.2, 0.25) is 0 Å². The average Bonchev–Trinajstić information content (AvgIpc) is 2.42. The van der Waals surface area contributed by atoms with Gasteiger partial charge in [-0.25, -0.2) is 9.82 Å². The van der Waals surface area contributed by atoms with E-state index >= 15 is 0 Å². The first-order valence-corrected chi connectivity index (χ1v) is 5.25. The third kappa shape index (κ3) is 2.98. The third-order valence-corrected chi connectivity index (χ3v) is 2.20. The van der Waals surface area contributed by atoms with Crippen LogP contribution in [0.5, 0.6) is 0 Å². The highest BCUT2D eigenvalue weighted by molar-refractivity contribution is 5.94. The van der Waals surface area contributed by atoms with Gasteiger partial charge >= 0.3 is 0 Å². The molecule has 18 heavy (non-hydrogen) atoms. The number of hydrogen-bond acceptors (Lipinski definition) is 3. The number of hydrazone groups is 1. The number of pyridine rings is 1. The number of amides is 1. The second kappa shape index (κ2) is 5.67. The van der Waals surface area contributed by atoms with Crippen LogP contribution in [0.15, 0.2) is 53.9 Å². The molecule has 0 fully saturated rings. The molecule has 5 heteroatoms. The number of carbonyl (C=O) groups excluding carboxylic acids is 1. The van der Waals surface area contributed by atoms with Gasteiger partial charge in [0.25, 0.3) is 5.91 Å². The maximum atomic E-state index is 13.2. The van der Waals surface area contributed by atoms with Gasteiger partial charge in [-0.1, -0.05) is 18.2 Å². The van der Waals surface area contributed by atoms with Crippen molar-refractivity contribution < 1.29 is 9.18 Å². The highest BCUT2D eigenvalue weighted by atomic mass is 19.1. The van der Waals surface area contributed by atoms with Crippen molar-refractivity contribution in [3.05, 3.63) is 65.7 Å². The Morgan fingerprint density at radius 2 is 2.11 bits per heavy atom. The van der Waals surface area contributed by atoms with E-state index in [1.54, 1.807) is 36.5 Å². The minimum absolute atomic E-state index is 0.309. The summed E-state index contributed by atoms with van der Waals surface area (Å²) in [6.07, 6.45) is 4.25. The molecular weight excluding hydrogens is 233 g/mol. The van der Waals surface area contributed by atoms with Crippen LogP contribution in [0.3, 0.4) is 0 Å². The number of nitrogens with one attached hydrogen (secondary N) is 1. The average molecular weight is 243 g/mol. The van der Waals surface area contributed by atoms with Crippen molar-refractivity contribution >= 4 is 12.1 Å². The predicted molar refractivity (Wildman–Crippen MR) is 65.7 cm³/mol. The van der Waals surface area contributed by atoms with Crippen LogP contribution < -0.4 is 5.43 Å². The van der Waals surface area contributed by atoms with Crippen molar-refractivity contribution in [2.75, 3.05) is 0 Å². The molecule has 0 radical (unpaired) electrons. The van der Waals surface area contributed by atoms with E-state index in [0.717, 1.165) is 0 Å². The summed E-state index contributed by atoms with van der Waals surface area (Å²) in [4.78, 5) is 15.4. The number of carbonyl (C=O) groups is 1. The molecule has 0 aliphatic rings. The van der Waals surface area contributed by atoms with Crippen molar-refractivity contribution in [2.24, 2.45) is 5.10 Å². The lowest BCUT2D eigenvalue weighted by Crippen LogP contribution is -2.17. The Morgan fingerprint density at radius 3 is 2.83 bits per heavy atom. The molecule has 0 atom stereocenters. The molecule has 2 rings (SSSR count). The number of hydrogen-bond donors (Lipinski definition) is 1. The summed E-state index contributed by atoms with van der Waals surface area (Å²) < 4.78 is 13.2. The monoisotopic (exact) mass is 243 g/mol. The van der Waals surface area contributed by atoms with Gasteiger partial charge < -0.3 is 0 Å². The Kier molecular flexibility index (Phi) is 3.76. The molecule has 2 aromatic rings. The summed E-state index contributed by atoms with van der Waals surface area (Å²) in [5, 5.41) is 3.69. The first-order valence-electron chi connectivity index (χ1n) is 5.25. The summed E-state index contributed by atoms with van der Waals surface area (Å²) in [7, 11) is 0. The molecule has 0 aliphatic carbocycles. The summed E-state index contributed by atoms with van der Waals surface area (Å²) in [5.41, 5.74) is 3.00. The molecule has 1 aromatic carbocycles. The van der Waals surface area contributed by atoms with Gasteiger partial charge in [0.05, 0.1) is 11.8 Å². The van der Waals surface area contributed by atoms with E-state index in [4.69, 9.17) is 0 Å². The molecular formula is C13H10FN3O. The summed E-state index contributed by atoms with van der Waals surface area (Å²) >= 11 is 0. The fourth-order valence-electron chi connectivity index (χ4n) is 1.30. The molecule has 1 amide bonds. The van der Waals surface area contributed by atoms with E-state index in [0.29, 0.717) is 11.1 Å². The molecule has 0 saturated heterocycles. The van der Waals surface area contributed by atoms with Gasteiger partial charge in [0.2, 0.25) is 0 Å². The number of halogens is 1. The molecule has 0 spiro atoms. The van der Waals surface area contributed by atoms with Crippen molar-refractivity contribution in [3.8, 4) is 0 Å². The van der Waals surface area contributed by atoms with Crippen LogP contribution in [-0.2, 0) is 0 Å². The highest BCUT2D eigenvalue weighted by Gasteiger charge is 2.02. The smallest absolute Gasteiger partial charge is 0.267 e. The topological polar surface area (TPSA) is 54.4 Å². The van der Waals surface area contributed by atoms with Gasteiger partial charge in [-0.3, -0.25) is 9.78 Å². The predicted octanol–water partition coefficient (Wildman–Crippen LogP) is 1.98. The van der Waals surface area contributed by atoms with E-state index in [9.17, 15) is 9.18 Å². The molecule has 1 heterocycles. The lowest BCUT2D eigenvalue weighted by atomic mass is 10.2. The Morgan fingerprint density at radius 1 is 1.28 bits per heavy atom. The Bertz CT molecular complexity index is 569. The van der Waals surface area contributed by atoms with Crippen molar-refractivity contribution in [3.63, 3.8) is 0 Å². The molecule has 1 N–H and O–H groups in total.